The lowest BCUT2D eigenvalue weighted by molar-refractivity contribution is -0.143. The number of aliphatic hydroxyl groups is 1. The van der Waals surface area contributed by atoms with E-state index in [1.807, 2.05) is 31.2 Å². The Kier molecular flexibility index (Phi) is 16.9. The zero-order chi connectivity index (χ0) is 22.6. The molecule has 1 atom stereocenters. The number of aryl methyl sites for hydroxylation is 1. The maximum absolute atomic E-state index is 11.2. The molecule has 178 valence electrons. The number of esters is 1. The van der Waals surface area contributed by atoms with E-state index in [0.29, 0.717) is 13.0 Å². The number of benzene rings is 1. The molecule has 3 N–H and O–H groups in total. The van der Waals surface area contributed by atoms with Gasteiger partial charge in [0.05, 0.1) is 6.61 Å². The second-order valence-corrected chi connectivity index (χ2v) is 8.52. The van der Waals surface area contributed by atoms with E-state index >= 15 is 0 Å². The molecule has 1 aromatic rings. The maximum atomic E-state index is 11.2. The largest absolute Gasteiger partial charge is 0.466 e. The van der Waals surface area contributed by atoms with Crippen molar-refractivity contribution in [2.75, 3.05) is 18.5 Å². The summed E-state index contributed by atoms with van der Waals surface area (Å²) in [5.74, 6) is -0.0496. The lowest BCUT2D eigenvalue weighted by Crippen LogP contribution is -2.36. The number of anilines is 1. The van der Waals surface area contributed by atoms with Crippen LogP contribution in [-0.4, -0.2) is 30.6 Å². The van der Waals surface area contributed by atoms with Crippen LogP contribution >= 0.6 is 0 Å². The van der Waals surface area contributed by atoms with Gasteiger partial charge in [-0.05, 0) is 45.4 Å². The SMILES string of the molecule is CCOC(=O)CCCCCCCCCCCCCCCNC(O)Nc1ccc(C)cc1. The Labute approximate surface area is 190 Å². The molecule has 0 saturated heterocycles. The molecule has 0 aromatic heterocycles. The molecule has 5 nitrogen and oxygen atoms in total. The maximum Gasteiger partial charge on any atom is 0.305 e. The smallest absolute Gasteiger partial charge is 0.305 e. The molecule has 31 heavy (non-hydrogen) atoms. The molecule has 0 saturated carbocycles. The fourth-order valence-corrected chi connectivity index (χ4v) is 3.67. The number of carbonyl (C=O) groups is 1. The lowest BCUT2D eigenvalue weighted by Gasteiger charge is -2.15. The summed E-state index contributed by atoms with van der Waals surface area (Å²) in [6.45, 7) is 5.24. The molecule has 1 rings (SSSR count). The normalized spacial score (nSPS) is 12.0. The Morgan fingerprint density at radius 2 is 1.32 bits per heavy atom. The fourth-order valence-electron chi connectivity index (χ4n) is 3.67. The third kappa shape index (κ3) is 16.7. The number of hydrogen-bond acceptors (Lipinski definition) is 5. The molecule has 0 aliphatic heterocycles. The van der Waals surface area contributed by atoms with Crippen molar-refractivity contribution >= 4 is 11.7 Å². The first kappa shape index (κ1) is 27.4. The van der Waals surface area contributed by atoms with Crippen LogP contribution in [-0.2, 0) is 9.53 Å². The molecule has 0 spiro atoms. The molecule has 1 unspecified atom stereocenters. The van der Waals surface area contributed by atoms with Gasteiger partial charge in [0.15, 0.2) is 6.35 Å². The van der Waals surface area contributed by atoms with Gasteiger partial charge in [0.25, 0.3) is 0 Å². The number of ether oxygens (including phenoxy) is 1. The minimum atomic E-state index is -0.694. The molecular weight excluding hydrogens is 388 g/mol. The Bertz CT molecular complexity index is 548. The van der Waals surface area contributed by atoms with Crippen molar-refractivity contribution in [2.45, 2.75) is 110 Å². The third-order valence-corrected chi connectivity index (χ3v) is 5.56. The van der Waals surface area contributed by atoms with Gasteiger partial charge in [-0.25, -0.2) is 0 Å². The summed E-state index contributed by atoms with van der Waals surface area (Å²) in [5, 5.41) is 16.2. The summed E-state index contributed by atoms with van der Waals surface area (Å²) in [6, 6.07) is 8.03. The molecular formula is C26H46N2O3. The Hall–Kier alpha value is -1.59. The first-order valence-corrected chi connectivity index (χ1v) is 12.5. The standard InChI is InChI=1S/C26H46N2O3/c1-3-31-25(29)17-15-13-11-9-7-5-4-6-8-10-12-14-16-22-27-26(30)28-24-20-18-23(2)19-21-24/h18-21,26-28,30H,3-17,22H2,1-2H3. The summed E-state index contributed by atoms with van der Waals surface area (Å²) in [7, 11) is 0. The number of nitrogens with one attached hydrogen (secondary N) is 2. The van der Waals surface area contributed by atoms with E-state index in [2.05, 4.69) is 17.6 Å². The van der Waals surface area contributed by atoms with E-state index < -0.39 is 6.35 Å². The molecule has 0 amide bonds. The second kappa shape index (κ2) is 19.1. The number of unbranched alkanes of at least 4 members (excludes halogenated alkanes) is 12. The Morgan fingerprint density at radius 3 is 1.84 bits per heavy atom. The van der Waals surface area contributed by atoms with Crippen molar-refractivity contribution in [3.8, 4) is 0 Å². The molecule has 0 fully saturated rings. The number of hydrogen-bond donors (Lipinski definition) is 3. The second-order valence-electron chi connectivity index (χ2n) is 8.52. The van der Waals surface area contributed by atoms with Crippen LogP contribution < -0.4 is 10.6 Å². The van der Waals surface area contributed by atoms with Gasteiger partial charge < -0.3 is 15.2 Å². The van der Waals surface area contributed by atoms with Crippen molar-refractivity contribution in [3.05, 3.63) is 29.8 Å². The molecule has 0 radical (unpaired) electrons. The predicted molar refractivity (Wildman–Crippen MR) is 130 cm³/mol. The van der Waals surface area contributed by atoms with Crippen LogP contribution in [0.25, 0.3) is 0 Å². The molecule has 0 aliphatic rings. The van der Waals surface area contributed by atoms with E-state index in [4.69, 9.17) is 4.74 Å². The predicted octanol–water partition coefficient (Wildman–Crippen LogP) is 6.30. The fraction of sp³-hybridized carbons (Fsp3) is 0.731. The minimum absolute atomic E-state index is 0.0496. The van der Waals surface area contributed by atoms with Crippen LogP contribution in [0, 0.1) is 6.92 Å². The summed E-state index contributed by atoms with van der Waals surface area (Å²) < 4.78 is 4.94. The van der Waals surface area contributed by atoms with Gasteiger partial charge in [-0.3, -0.25) is 10.1 Å². The average molecular weight is 435 g/mol. The average Bonchev–Trinajstić information content (AvgIpc) is 2.75. The first-order valence-electron chi connectivity index (χ1n) is 12.5. The van der Waals surface area contributed by atoms with Gasteiger partial charge in [0, 0.05) is 12.1 Å². The van der Waals surface area contributed by atoms with Crippen molar-refractivity contribution in [1.82, 2.24) is 5.32 Å². The highest BCUT2D eigenvalue weighted by atomic mass is 16.5. The zero-order valence-electron chi connectivity index (χ0n) is 20.0. The van der Waals surface area contributed by atoms with Crippen molar-refractivity contribution in [3.63, 3.8) is 0 Å². The van der Waals surface area contributed by atoms with E-state index in [1.54, 1.807) is 0 Å². The number of aliphatic hydroxyl groups excluding tert-OH is 1. The van der Waals surface area contributed by atoms with Crippen molar-refractivity contribution < 1.29 is 14.6 Å². The Morgan fingerprint density at radius 1 is 0.839 bits per heavy atom. The van der Waals surface area contributed by atoms with E-state index in [9.17, 15) is 9.90 Å². The molecule has 5 heteroatoms. The van der Waals surface area contributed by atoms with Crippen molar-refractivity contribution in [2.24, 2.45) is 0 Å². The van der Waals surface area contributed by atoms with Crippen LogP contribution in [0.3, 0.4) is 0 Å². The van der Waals surface area contributed by atoms with Gasteiger partial charge in [-0.1, -0.05) is 88.3 Å². The van der Waals surface area contributed by atoms with Gasteiger partial charge in [0.2, 0.25) is 0 Å². The molecule has 0 bridgehead atoms. The topological polar surface area (TPSA) is 70.6 Å². The van der Waals surface area contributed by atoms with E-state index in [1.165, 1.54) is 69.8 Å². The summed E-state index contributed by atoms with van der Waals surface area (Å²) in [4.78, 5) is 11.2. The number of carbonyl (C=O) groups excluding carboxylic acids is 1. The van der Waals surface area contributed by atoms with Crippen LogP contribution in [0.1, 0.15) is 102 Å². The van der Waals surface area contributed by atoms with Gasteiger partial charge in [-0.2, -0.15) is 0 Å². The number of rotatable bonds is 20. The molecule has 0 aliphatic carbocycles. The van der Waals surface area contributed by atoms with Crippen molar-refractivity contribution in [1.29, 1.82) is 0 Å². The highest BCUT2D eigenvalue weighted by Gasteiger charge is 2.02. The lowest BCUT2D eigenvalue weighted by atomic mass is 10.0. The monoisotopic (exact) mass is 434 g/mol. The summed E-state index contributed by atoms with van der Waals surface area (Å²) in [6.07, 6.45) is 16.1. The van der Waals surface area contributed by atoms with E-state index in [0.717, 1.165) is 31.5 Å². The third-order valence-electron chi connectivity index (χ3n) is 5.56. The van der Waals surface area contributed by atoms with Crippen LogP contribution in [0.5, 0.6) is 0 Å². The van der Waals surface area contributed by atoms with E-state index in [-0.39, 0.29) is 5.97 Å². The van der Waals surface area contributed by atoms with Crippen LogP contribution in [0.2, 0.25) is 0 Å². The minimum Gasteiger partial charge on any atom is -0.466 e. The Balaban J connectivity index is 1.77. The molecule has 0 heterocycles. The van der Waals surface area contributed by atoms with Gasteiger partial charge in [0.1, 0.15) is 0 Å². The quantitative estimate of drug-likeness (QED) is 0.128. The van der Waals surface area contributed by atoms with Crippen LogP contribution in [0.4, 0.5) is 5.69 Å². The zero-order valence-corrected chi connectivity index (χ0v) is 20.0. The summed E-state index contributed by atoms with van der Waals surface area (Å²) >= 11 is 0. The highest BCUT2D eigenvalue weighted by Crippen LogP contribution is 2.13. The highest BCUT2D eigenvalue weighted by molar-refractivity contribution is 5.69. The summed E-state index contributed by atoms with van der Waals surface area (Å²) in [5.41, 5.74) is 2.15. The first-order chi connectivity index (χ1) is 15.1. The van der Waals surface area contributed by atoms with Gasteiger partial charge >= 0.3 is 5.97 Å². The molecule has 1 aromatic carbocycles. The van der Waals surface area contributed by atoms with Gasteiger partial charge in [-0.15, -0.1) is 0 Å². The van der Waals surface area contributed by atoms with Crippen LogP contribution in [0.15, 0.2) is 24.3 Å².